The number of nitrogens with zero attached hydrogens (tertiary/aromatic N) is 4. The lowest BCUT2D eigenvalue weighted by Gasteiger charge is -2.28. The van der Waals surface area contributed by atoms with Gasteiger partial charge in [-0.3, -0.25) is 4.98 Å². The molecule has 4 rings (SSSR count). The molecule has 0 saturated heterocycles. The fourth-order valence-corrected chi connectivity index (χ4v) is 4.03. The molecule has 2 heterocycles. The predicted molar refractivity (Wildman–Crippen MR) is 116 cm³/mol. The number of hydrogen-bond donors (Lipinski definition) is 2. The molecule has 31 heavy (non-hydrogen) atoms. The molecule has 1 atom stereocenters. The number of benzene rings is 1. The second kappa shape index (κ2) is 9.18. The molecule has 0 spiro atoms. The van der Waals surface area contributed by atoms with Crippen LogP contribution in [0.1, 0.15) is 41.3 Å². The van der Waals surface area contributed by atoms with Gasteiger partial charge in [-0.05, 0) is 48.6 Å². The highest BCUT2D eigenvalue weighted by Gasteiger charge is 2.30. The lowest BCUT2D eigenvalue weighted by atomic mass is 9.78. The van der Waals surface area contributed by atoms with E-state index in [1.165, 1.54) is 12.1 Å². The third-order valence-electron chi connectivity index (χ3n) is 5.35. The number of nitrogen functional groups attached to an aromatic ring is 1. The van der Waals surface area contributed by atoms with Gasteiger partial charge >= 0.3 is 0 Å². The maximum Gasteiger partial charge on any atom is 0.220 e. The molecule has 0 amide bonds. The first-order chi connectivity index (χ1) is 15.1. The zero-order valence-electron chi connectivity index (χ0n) is 17.3. The molecule has 7 nitrogen and oxygen atoms in total. The van der Waals surface area contributed by atoms with E-state index in [0.29, 0.717) is 25.9 Å². The van der Waals surface area contributed by atoms with Crippen molar-refractivity contribution < 1.29 is 14.3 Å². The normalized spacial score (nSPS) is 16.9. The van der Waals surface area contributed by atoms with E-state index in [4.69, 9.17) is 15.7 Å². The molecule has 3 aromatic rings. The van der Waals surface area contributed by atoms with Crippen LogP contribution in [-0.2, 0) is 11.3 Å². The van der Waals surface area contributed by atoms with Crippen LogP contribution in [0.5, 0.6) is 0 Å². The highest BCUT2D eigenvalue weighted by molar-refractivity contribution is 6.03. The molecule has 8 heteroatoms. The quantitative estimate of drug-likeness (QED) is 0.467. The van der Waals surface area contributed by atoms with Crippen molar-refractivity contribution in [3.05, 3.63) is 71.1 Å². The fourth-order valence-electron chi connectivity index (χ4n) is 4.03. The van der Waals surface area contributed by atoms with Gasteiger partial charge in [0.25, 0.3) is 0 Å². The predicted octanol–water partition coefficient (Wildman–Crippen LogP) is 3.40. The zero-order valence-corrected chi connectivity index (χ0v) is 17.3. The van der Waals surface area contributed by atoms with Crippen LogP contribution in [0, 0.1) is 12.7 Å². The number of aryl methyl sites for hydroxylation is 1. The first-order valence-corrected chi connectivity index (χ1v) is 10.2. The van der Waals surface area contributed by atoms with Gasteiger partial charge in [0.2, 0.25) is 5.95 Å². The molecule has 0 unspecified atom stereocenters. The standard InChI is InChI=1S/C23H24FN5O2/c1-14-22-20(28-23(25)27-14)10-16(11-21(22)29-31-9-3-8-30)18-6-5-17(24)12-19(18)15-4-2-7-26-13-15/h2,4-7,12-13,16,30H,3,8-11H2,1H3,(H2,25,27,28)/b29-21+/t16-/m0/s1. The minimum absolute atomic E-state index is 0.00259. The average molecular weight is 421 g/mol. The second-order valence-corrected chi connectivity index (χ2v) is 7.52. The van der Waals surface area contributed by atoms with Gasteiger partial charge in [0.15, 0.2) is 0 Å². The van der Waals surface area contributed by atoms with E-state index in [-0.39, 0.29) is 24.3 Å². The van der Waals surface area contributed by atoms with Crippen molar-refractivity contribution >= 4 is 11.7 Å². The molecular weight excluding hydrogens is 397 g/mol. The van der Waals surface area contributed by atoms with Crippen LogP contribution in [0.15, 0.2) is 47.9 Å². The Kier molecular flexibility index (Phi) is 6.18. The Balaban J connectivity index is 1.77. The Morgan fingerprint density at radius 3 is 2.90 bits per heavy atom. The number of rotatable bonds is 6. The molecule has 0 fully saturated rings. The summed E-state index contributed by atoms with van der Waals surface area (Å²) in [7, 11) is 0. The topological polar surface area (TPSA) is 107 Å². The smallest absolute Gasteiger partial charge is 0.220 e. The number of pyridine rings is 1. The maximum absolute atomic E-state index is 14.1. The van der Waals surface area contributed by atoms with Crippen molar-refractivity contribution in [2.45, 2.75) is 32.1 Å². The van der Waals surface area contributed by atoms with E-state index in [1.54, 1.807) is 12.4 Å². The third kappa shape index (κ3) is 4.54. The maximum atomic E-state index is 14.1. The summed E-state index contributed by atoms with van der Waals surface area (Å²) in [6.45, 7) is 2.22. The molecule has 0 aliphatic heterocycles. The number of aromatic nitrogens is 3. The Morgan fingerprint density at radius 2 is 2.13 bits per heavy atom. The highest BCUT2D eigenvalue weighted by atomic mass is 19.1. The van der Waals surface area contributed by atoms with Crippen molar-refractivity contribution in [1.29, 1.82) is 0 Å². The molecule has 1 aromatic carbocycles. The van der Waals surface area contributed by atoms with Crippen LogP contribution in [0.2, 0.25) is 0 Å². The van der Waals surface area contributed by atoms with Crippen LogP contribution in [0.3, 0.4) is 0 Å². The van der Waals surface area contributed by atoms with Crippen LogP contribution in [0.25, 0.3) is 11.1 Å². The summed E-state index contributed by atoms with van der Waals surface area (Å²) in [5.74, 6) is -0.0938. The van der Waals surface area contributed by atoms with Crippen molar-refractivity contribution in [2.24, 2.45) is 5.16 Å². The number of anilines is 1. The van der Waals surface area contributed by atoms with E-state index < -0.39 is 0 Å². The van der Waals surface area contributed by atoms with Gasteiger partial charge in [-0.15, -0.1) is 0 Å². The SMILES string of the molecule is Cc1nc(N)nc2c1/C(=N/OCCCO)C[C@@H](c1ccc(F)cc1-c1cccnc1)C2. The van der Waals surface area contributed by atoms with Crippen LogP contribution in [-0.4, -0.2) is 39.0 Å². The summed E-state index contributed by atoms with van der Waals surface area (Å²) in [6, 6.07) is 8.57. The molecule has 1 aliphatic carbocycles. The van der Waals surface area contributed by atoms with Crippen LogP contribution >= 0.6 is 0 Å². The van der Waals surface area contributed by atoms with E-state index in [0.717, 1.165) is 39.4 Å². The van der Waals surface area contributed by atoms with E-state index >= 15 is 0 Å². The van der Waals surface area contributed by atoms with E-state index in [2.05, 4.69) is 20.1 Å². The average Bonchev–Trinajstić information content (AvgIpc) is 2.76. The van der Waals surface area contributed by atoms with Crippen molar-refractivity contribution in [3.63, 3.8) is 0 Å². The first kappa shape index (κ1) is 20.9. The summed E-state index contributed by atoms with van der Waals surface area (Å²) in [5, 5.41) is 13.3. The van der Waals surface area contributed by atoms with Crippen molar-refractivity contribution in [3.8, 4) is 11.1 Å². The van der Waals surface area contributed by atoms with Crippen molar-refractivity contribution in [1.82, 2.24) is 15.0 Å². The molecule has 1 aliphatic rings. The molecule has 0 bridgehead atoms. The molecule has 160 valence electrons. The lowest BCUT2D eigenvalue weighted by molar-refractivity contribution is 0.123. The largest absolute Gasteiger partial charge is 0.396 e. The molecule has 3 N–H and O–H groups in total. The Bertz CT molecular complexity index is 1100. The third-order valence-corrected chi connectivity index (χ3v) is 5.35. The summed E-state index contributed by atoms with van der Waals surface area (Å²) in [5.41, 5.74) is 11.7. The van der Waals surface area contributed by atoms with Gasteiger partial charge in [0.05, 0.1) is 17.1 Å². The van der Waals surface area contributed by atoms with Gasteiger partial charge < -0.3 is 15.7 Å². The lowest BCUT2D eigenvalue weighted by Crippen LogP contribution is -2.24. The highest BCUT2D eigenvalue weighted by Crippen LogP contribution is 2.38. The van der Waals surface area contributed by atoms with E-state index in [9.17, 15) is 4.39 Å². The van der Waals surface area contributed by atoms with Gasteiger partial charge in [0, 0.05) is 43.0 Å². The Labute approximate surface area is 179 Å². The van der Waals surface area contributed by atoms with Crippen molar-refractivity contribution in [2.75, 3.05) is 18.9 Å². The Morgan fingerprint density at radius 1 is 1.26 bits per heavy atom. The monoisotopic (exact) mass is 421 g/mol. The molecular formula is C23H24FN5O2. The number of nitrogens with two attached hydrogens (primary N) is 1. The Hall–Kier alpha value is -3.39. The summed E-state index contributed by atoms with van der Waals surface area (Å²) < 4.78 is 14.1. The number of halogens is 1. The van der Waals surface area contributed by atoms with Crippen LogP contribution < -0.4 is 5.73 Å². The summed E-state index contributed by atoms with van der Waals surface area (Å²) in [6.07, 6.45) is 5.12. The fraction of sp³-hybridized carbons (Fsp3) is 0.304. The van der Waals surface area contributed by atoms with E-state index in [1.807, 2.05) is 25.1 Å². The van der Waals surface area contributed by atoms with Gasteiger partial charge in [0.1, 0.15) is 12.4 Å². The minimum atomic E-state index is -0.303. The number of hydrogen-bond acceptors (Lipinski definition) is 7. The van der Waals surface area contributed by atoms with Crippen LogP contribution in [0.4, 0.5) is 10.3 Å². The summed E-state index contributed by atoms with van der Waals surface area (Å²) >= 11 is 0. The number of aliphatic hydroxyl groups excluding tert-OH is 1. The van der Waals surface area contributed by atoms with Gasteiger partial charge in [-0.1, -0.05) is 17.3 Å². The molecule has 2 aromatic heterocycles. The first-order valence-electron chi connectivity index (χ1n) is 10.2. The summed E-state index contributed by atoms with van der Waals surface area (Å²) in [4.78, 5) is 18.4. The number of aliphatic hydroxyl groups is 1. The van der Waals surface area contributed by atoms with Gasteiger partial charge in [-0.2, -0.15) is 0 Å². The number of fused-ring (bicyclic) bond motifs is 1. The zero-order chi connectivity index (χ0) is 21.8. The molecule has 0 radical (unpaired) electrons. The second-order valence-electron chi connectivity index (χ2n) is 7.52. The minimum Gasteiger partial charge on any atom is -0.396 e. The van der Waals surface area contributed by atoms with Gasteiger partial charge in [-0.25, -0.2) is 14.4 Å². The number of oxime groups is 1. The molecule has 0 saturated carbocycles.